The van der Waals surface area contributed by atoms with E-state index in [1.54, 1.807) is 0 Å². The summed E-state index contributed by atoms with van der Waals surface area (Å²) in [5, 5.41) is 0. The summed E-state index contributed by atoms with van der Waals surface area (Å²) in [5.41, 5.74) is 8.93. The van der Waals surface area contributed by atoms with Gasteiger partial charge in [-0.25, -0.2) is 0 Å². The van der Waals surface area contributed by atoms with Gasteiger partial charge in [0.2, 0.25) is 0 Å². The van der Waals surface area contributed by atoms with Crippen LogP contribution < -0.4 is 0 Å². The van der Waals surface area contributed by atoms with E-state index in [9.17, 15) is 0 Å². The molecule has 0 aliphatic carbocycles. The normalized spacial score (nSPS) is 10.8. The lowest BCUT2D eigenvalue weighted by molar-refractivity contribution is 1.02. The predicted molar refractivity (Wildman–Crippen MR) is 89.4 cm³/mol. The SMILES string of the molecule is CCc1cccc(-c2cccc(CC)c2CC)c1CC. The maximum absolute atomic E-state index is 2.30. The molecule has 0 atom stereocenters. The molecule has 0 heteroatoms. The van der Waals surface area contributed by atoms with Gasteiger partial charge in [0.25, 0.3) is 0 Å². The van der Waals surface area contributed by atoms with Crippen LogP contribution in [-0.2, 0) is 25.7 Å². The second-order valence-electron chi connectivity index (χ2n) is 5.30. The van der Waals surface area contributed by atoms with Crippen molar-refractivity contribution < 1.29 is 0 Å². The van der Waals surface area contributed by atoms with E-state index in [1.165, 1.54) is 33.4 Å². The summed E-state index contributed by atoms with van der Waals surface area (Å²) < 4.78 is 0. The Balaban J connectivity index is 2.68. The molecule has 20 heavy (non-hydrogen) atoms. The molecule has 2 aromatic carbocycles. The van der Waals surface area contributed by atoms with E-state index in [2.05, 4.69) is 64.1 Å². The maximum atomic E-state index is 2.30. The van der Waals surface area contributed by atoms with Crippen LogP contribution in [0.15, 0.2) is 36.4 Å². The van der Waals surface area contributed by atoms with Crippen LogP contribution in [0.2, 0.25) is 0 Å². The standard InChI is InChI=1S/C20H26/c1-5-15-11-9-13-19(17(15)7-3)20-14-10-12-16(6-2)18(20)8-4/h9-14H,5-8H2,1-4H3. The van der Waals surface area contributed by atoms with Crippen LogP contribution >= 0.6 is 0 Å². The van der Waals surface area contributed by atoms with Crippen LogP contribution in [0.1, 0.15) is 49.9 Å². The summed E-state index contributed by atoms with van der Waals surface area (Å²) in [5.74, 6) is 0. The average molecular weight is 266 g/mol. The van der Waals surface area contributed by atoms with E-state index in [-0.39, 0.29) is 0 Å². The highest BCUT2D eigenvalue weighted by molar-refractivity contribution is 5.73. The van der Waals surface area contributed by atoms with Crippen molar-refractivity contribution in [3.63, 3.8) is 0 Å². The van der Waals surface area contributed by atoms with Gasteiger partial charge < -0.3 is 0 Å². The van der Waals surface area contributed by atoms with Crippen molar-refractivity contribution in [1.82, 2.24) is 0 Å². The molecule has 106 valence electrons. The highest BCUT2D eigenvalue weighted by atomic mass is 14.2. The van der Waals surface area contributed by atoms with E-state index in [0.29, 0.717) is 0 Å². The molecule has 0 aliphatic rings. The number of hydrogen-bond acceptors (Lipinski definition) is 0. The Bertz CT molecular complexity index is 525. The van der Waals surface area contributed by atoms with Crippen LogP contribution in [0.5, 0.6) is 0 Å². The van der Waals surface area contributed by atoms with Gasteiger partial charge in [-0.2, -0.15) is 0 Å². The summed E-state index contributed by atoms with van der Waals surface area (Å²) in [4.78, 5) is 0. The molecule has 2 aromatic rings. The molecule has 0 spiro atoms. The Labute approximate surface area is 123 Å². The molecule has 0 aromatic heterocycles. The van der Waals surface area contributed by atoms with Gasteiger partial charge in [-0.05, 0) is 59.1 Å². The molecule has 0 heterocycles. The van der Waals surface area contributed by atoms with Gasteiger partial charge in [0, 0.05) is 0 Å². The Kier molecular flexibility index (Phi) is 5.00. The number of aryl methyl sites for hydroxylation is 2. The van der Waals surface area contributed by atoms with E-state index in [4.69, 9.17) is 0 Å². The molecule has 0 unspecified atom stereocenters. The first kappa shape index (κ1) is 14.8. The van der Waals surface area contributed by atoms with Crippen LogP contribution in [0.4, 0.5) is 0 Å². The third-order valence-electron chi connectivity index (χ3n) is 4.31. The lowest BCUT2D eigenvalue weighted by Crippen LogP contribution is -1.99. The van der Waals surface area contributed by atoms with Crippen molar-refractivity contribution in [2.75, 3.05) is 0 Å². The lowest BCUT2D eigenvalue weighted by atomic mass is 9.87. The van der Waals surface area contributed by atoms with Crippen molar-refractivity contribution in [2.24, 2.45) is 0 Å². The quantitative estimate of drug-likeness (QED) is 0.660. The van der Waals surface area contributed by atoms with E-state index in [1.807, 2.05) is 0 Å². The van der Waals surface area contributed by atoms with Gasteiger partial charge >= 0.3 is 0 Å². The minimum absolute atomic E-state index is 1.11. The lowest BCUT2D eigenvalue weighted by Gasteiger charge is -2.17. The minimum Gasteiger partial charge on any atom is -0.0614 e. The number of rotatable bonds is 5. The van der Waals surface area contributed by atoms with E-state index in [0.717, 1.165) is 25.7 Å². The fraction of sp³-hybridized carbons (Fsp3) is 0.400. The fourth-order valence-corrected chi connectivity index (χ4v) is 3.27. The van der Waals surface area contributed by atoms with Gasteiger partial charge in [0.15, 0.2) is 0 Å². The molecule has 0 aliphatic heterocycles. The molecule has 0 saturated heterocycles. The van der Waals surface area contributed by atoms with Gasteiger partial charge in [0.05, 0.1) is 0 Å². The maximum Gasteiger partial charge on any atom is -0.0146 e. The second kappa shape index (κ2) is 6.74. The first-order valence-corrected chi connectivity index (χ1v) is 7.98. The number of benzene rings is 2. The number of hydrogen-bond donors (Lipinski definition) is 0. The molecule has 0 amide bonds. The Morgan fingerprint density at radius 3 is 1.25 bits per heavy atom. The zero-order valence-electron chi connectivity index (χ0n) is 13.3. The van der Waals surface area contributed by atoms with Crippen LogP contribution in [-0.4, -0.2) is 0 Å². The first-order valence-electron chi connectivity index (χ1n) is 7.98. The summed E-state index contributed by atoms with van der Waals surface area (Å²) in [6, 6.07) is 13.6. The van der Waals surface area contributed by atoms with E-state index < -0.39 is 0 Å². The molecule has 0 N–H and O–H groups in total. The third kappa shape index (κ3) is 2.65. The van der Waals surface area contributed by atoms with Crippen LogP contribution in [0.25, 0.3) is 11.1 Å². The van der Waals surface area contributed by atoms with Crippen molar-refractivity contribution in [3.8, 4) is 11.1 Å². The van der Waals surface area contributed by atoms with E-state index >= 15 is 0 Å². The second-order valence-corrected chi connectivity index (χ2v) is 5.30. The van der Waals surface area contributed by atoms with Crippen molar-refractivity contribution >= 4 is 0 Å². The minimum atomic E-state index is 1.11. The molecule has 0 bridgehead atoms. The third-order valence-corrected chi connectivity index (χ3v) is 4.31. The molecule has 0 nitrogen and oxygen atoms in total. The zero-order valence-corrected chi connectivity index (χ0v) is 13.3. The fourth-order valence-electron chi connectivity index (χ4n) is 3.27. The average Bonchev–Trinajstić information content (AvgIpc) is 2.52. The zero-order chi connectivity index (χ0) is 14.5. The first-order chi connectivity index (χ1) is 9.76. The predicted octanol–water partition coefficient (Wildman–Crippen LogP) is 5.60. The Morgan fingerprint density at radius 2 is 0.950 bits per heavy atom. The van der Waals surface area contributed by atoms with Gasteiger partial charge in [-0.15, -0.1) is 0 Å². The molecular formula is C20H26. The van der Waals surface area contributed by atoms with Crippen LogP contribution in [0, 0.1) is 0 Å². The van der Waals surface area contributed by atoms with Gasteiger partial charge in [-0.1, -0.05) is 64.1 Å². The summed E-state index contributed by atoms with van der Waals surface area (Å²) >= 11 is 0. The topological polar surface area (TPSA) is 0 Å². The molecular weight excluding hydrogens is 240 g/mol. The highest BCUT2D eigenvalue weighted by Crippen LogP contribution is 2.32. The highest BCUT2D eigenvalue weighted by Gasteiger charge is 2.12. The largest absolute Gasteiger partial charge is 0.0614 e. The summed E-state index contributed by atoms with van der Waals surface area (Å²) in [6.45, 7) is 9.05. The summed E-state index contributed by atoms with van der Waals surface area (Å²) in [6.07, 6.45) is 4.45. The molecule has 0 fully saturated rings. The smallest absolute Gasteiger partial charge is 0.0146 e. The Morgan fingerprint density at radius 1 is 0.550 bits per heavy atom. The van der Waals surface area contributed by atoms with Gasteiger partial charge in [0.1, 0.15) is 0 Å². The molecule has 0 saturated carbocycles. The Hall–Kier alpha value is -1.56. The van der Waals surface area contributed by atoms with Crippen LogP contribution in [0.3, 0.4) is 0 Å². The van der Waals surface area contributed by atoms with Gasteiger partial charge in [-0.3, -0.25) is 0 Å². The molecule has 0 radical (unpaired) electrons. The summed E-state index contributed by atoms with van der Waals surface area (Å²) in [7, 11) is 0. The monoisotopic (exact) mass is 266 g/mol. The van der Waals surface area contributed by atoms with Crippen molar-refractivity contribution in [2.45, 2.75) is 53.4 Å². The van der Waals surface area contributed by atoms with Crippen molar-refractivity contribution in [3.05, 3.63) is 58.7 Å². The van der Waals surface area contributed by atoms with Crippen molar-refractivity contribution in [1.29, 1.82) is 0 Å². The molecule has 2 rings (SSSR count).